The summed E-state index contributed by atoms with van der Waals surface area (Å²) in [7, 11) is 0. The molecule has 0 N–H and O–H groups in total. The first-order valence-corrected chi connectivity index (χ1v) is 6.35. The van der Waals surface area contributed by atoms with Crippen molar-refractivity contribution >= 4 is 21.5 Å². The third kappa shape index (κ3) is 1.46. The first-order chi connectivity index (χ1) is 8.90. The Labute approximate surface area is 107 Å². The molecule has 0 aromatic heterocycles. The number of rotatable bonds is 0. The highest BCUT2D eigenvalue weighted by Crippen LogP contribution is 2.28. The lowest BCUT2D eigenvalue weighted by molar-refractivity contribution is 1.20. The summed E-state index contributed by atoms with van der Waals surface area (Å²) in [5.74, 6) is 0. The van der Waals surface area contributed by atoms with Crippen molar-refractivity contribution < 1.29 is 0 Å². The van der Waals surface area contributed by atoms with E-state index < -0.39 is 0 Å². The topological polar surface area (TPSA) is 0 Å². The van der Waals surface area contributed by atoms with Crippen molar-refractivity contribution in [2.75, 3.05) is 0 Å². The fraction of sp³-hybridized carbons (Fsp3) is 0.0556. The lowest BCUT2D eigenvalue weighted by atomic mass is 9.92. The van der Waals surface area contributed by atoms with Crippen molar-refractivity contribution in [2.45, 2.75) is 6.42 Å². The Morgan fingerprint density at radius 2 is 1.44 bits per heavy atom. The minimum Gasteiger partial charge on any atom is -0.0835 e. The summed E-state index contributed by atoms with van der Waals surface area (Å²) in [6.07, 6.45) is 7.62. The van der Waals surface area contributed by atoms with Gasteiger partial charge in [0.2, 0.25) is 0 Å². The van der Waals surface area contributed by atoms with Crippen LogP contribution >= 0.6 is 0 Å². The van der Waals surface area contributed by atoms with Gasteiger partial charge in [-0.1, -0.05) is 48.6 Å². The Balaban J connectivity index is 2.07. The Bertz CT molecular complexity index is 712. The second-order valence-corrected chi connectivity index (χ2v) is 4.90. The molecule has 0 bridgehead atoms. The smallest absolute Gasteiger partial charge is 0.0125 e. The third-order valence-corrected chi connectivity index (χ3v) is 3.71. The van der Waals surface area contributed by atoms with Crippen LogP contribution in [0.15, 0.2) is 60.7 Å². The van der Waals surface area contributed by atoms with Gasteiger partial charge < -0.3 is 0 Å². The van der Waals surface area contributed by atoms with E-state index in [2.05, 4.69) is 67.1 Å². The molecule has 0 heteroatoms. The van der Waals surface area contributed by atoms with Crippen LogP contribution in [0.1, 0.15) is 11.1 Å². The van der Waals surface area contributed by atoms with E-state index in [0.29, 0.717) is 0 Å². The quantitative estimate of drug-likeness (QED) is 0.492. The molecule has 0 saturated carbocycles. The number of fused-ring (bicyclic) bond motifs is 3. The van der Waals surface area contributed by atoms with Crippen LogP contribution in [0.2, 0.25) is 0 Å². The normalized spacial score (nSPS) is 14.0. The first-order valence-electron chi connectivity index (χ1n) is 6.35. The van der Waals surface area contributed by atoms with Crippen molar-refractivity contribution in [1.82, 2.24) is 0 Å². The molecule has 3 aromatic rings. The van der Waals surface area contributed by atoms with Gasteiger partial charge in [-0.05, 0) is 51.2 Å². The van der Waals surface area contributed by atoms with Crippen molar-refractivity contribution in [3.63, 3.8) is 0 Å². The van der Waals surface area contributed by atoms with E-state index in [0.717, 1.165) is 6.42 Å². The van der Waals surface area contributed by atoms with Crippen LogP contribution in [-0.4, -0.2) is 0 Å². The van der Waals surface area contributed by atoms with Crippen LogP contribution in [0.5, 0.6) is 0 Å². The first kappa shape index (κ1) is 9.90. The minimum absolute atomic E-state index is 1.05. The standard InChI is InChI=1S/C18H13/c1-2-6-14-10-18-12-16-8-4-3-7-15(16)11-17(18)9-13(14)5-1/h1-7,9-12H,8H2. The van der Waals surface area contributed by atoms with E-state index in [4.69, 9.17) is 0 Å². The summed E-state index contributed by atoms with van der Waals surface area (Å²) in [5, 5.41) is 5.31. The van der Waals surface area contributed by atoms with Gasteiger partial charge in [-0.2, -0.15) is 0 Å². The van der Waals surface area contributed by atoms with Crippen LogP contribution in [0.4, 0.5) is 0 Å². The second-order valence-electron chi connectivity index (χ2n) is 4.90. The molecule has 85 valence electrons. The molecule has 0 spiro atoms. The van der Waals surface area contributed by atoms with E-state index in [1.165, 1.54) is 32.7 Å². The van der Waals surface area contributed by atoms with E-state index in [1.54, 1.807) is 0 Å². The van der Waals surface area contributed by atoms with Gasteiger partial charge in [0.25, 0.3) is 0 Å². The average molecular weight is 229 g/mol. The molecule has 1 aliphatic rings. The van der Waals surface area contributed by atoms with E-state index in [9.17, 15) is 0 Å². The summed E-state index contributed by atoms with van der Waals surface area (Å²) >= 11 is 0. The number of hydrogen-bond donors (Lipinski definition) is 0. The predicted octanol–water partition coefficient (Wildman–Crippen LogP) is 4.66. The molecule has 0 fully saturated rings. The van der Waals surface area contributed by atoms with Gasteiger partial charge in [-0.3, -0.25) is 0 Å². The summed E-state index contributed by atoms with van der Waals surface area (Å²) in [6.45, 7) is 0. The van der Waals surface area contributed by atoms with E-state index in [-0.39, 0.29) is 0 Å². The lowest BCUT2D eigenvalue weighted by Gasteiger charge is -2.12. The monoisotopic (exact) mass is 229 g/mol. The van der Waals surface area contributed by atoms with Crippen LogP contribution < -0.4 is 0 Å². The molecule has 0 amide bonds. The van der Waals surface area contributed by atoms with Gasteiger partial charge >= 0.3 is 0 Å². The van der Waals surface area contributed by atoms with Gasteiger partial charge in [0.1, 0.15) is 0 Å². The zero-order valence-corrected chi connectivity index (χ0v) is 10.1. The van der Waals surface area contributed by atoms with Gasteiger partial charge in [0, 0.05) is 6.42 Å². The lowest BCUT2D eigenvalue weighted by Crippen LogP contribution is -1.95. The molecule has 0 saturated heterocycles. The summed E-state index contributed by atoms with van der Waals surface area (Å²) < 4.78 is 0. The van der Waals surface area contributed by atoms with Crippen molar-refractivity contribution in [1.29, 1.82) is 0 Å². The molecule has 0 heterocycles. The maximum atomic E-state index is 2.33. The van der Waals surface area contributed by atoms with Gasteiger partial charge in [0.15, 0.2) is 0 Å². The average Bonchev–Trinajstić information content (AvgIpc) is 2.42. The Morgan fingerprint density at radius 3 is 2.22 bits per heavy atom. The number of benzene rings is 3. The Kier molecular flexibility index (Phi) is 2.04. The highest BCUT2D eigenvalue weighted by atomic mass is 14.1. The SMILES string of the molecule is [CH]1C=CCc2cc3cc4ccccc4cc3cc21. The zero-order chi connectivity index (χ0) is 11.9. The summed E-state index contributed by atoms with van der Waals surface area (Å²) in [4.78, 5) is 0. The van der Waals surface area contributed by atoms with E-state index in [1.807, 2.05) is 0 Å². The van der Waals surface area contributed by atoms with Crippen LogP contribution in [0, 0.1) is 6.42 Å². The summed E-state index contributed by atoms with van der Waals surface area (Å²) in [5.41, 5.74) is 2.79. The highest BCUT2D eigenvalue weighted by molar-refractivity contribution is 5.99. The van der Waals surface area contributed by atoms with E-state index >= 15 is 0 Å². The van der Waals surface area contributed by atoms with Crippen LogP contribution in [-0.2, 0) is 6.42 Å². The highest BCUT2D eigenvalue weighted by Gasteiger charge is 2.07. The molecule has 0 atom stereocenters. The molecule has 0 aliphatic heterocycles. The van der Waals surface area contributed by atoms with Gasteiger partial charge in [-0.25, -0.2) is 0 Å². The third-order valence-electron chi connectivity index (χ3n) is 3.71. The Hall–Kier alpha value is -2.08. The van der Waals surface area contributed by atoms with Crippen molar-refractivity contribution in [2.24, 2.45) is 0 Å². The molecular weight excluding hydrogens is 216 g/mol. The van der Waals surface area contributed by atoms with Gasteiger partial charge in [0.05, 0.1) is 0 Å². The van der Waals surface area contributed by atoms with Crippen molar-refractivity contribution in [3.8, 4) is 0 Å². The largest absolute Gasteiger partial charge is 0.0835 e. The fourth-order valence-electron chi connectivity index (χ4n) is 2.76. The maximum absolute atomic E-state index is 2.33. The second kappa shape index (κ2) is 3.71. The molecule has 0 nitrogen and oxygen atoms in total. The van der Waals surface area contributed by atoms with Crippen molar-refractivity contribution in [3.05, 3.63) is 78.2 Å². The molecule has 1 radical (unpaired) electrons. The Morgan fingerprint density at radius 1 is 0.722 bits per heavy atom. The zero-order valence-electron chi connectivity index (χ0n) is 10.1. The maximum Gasteiger partial charge on any atom is 0.0125 e. The molecule has 3 aromatic carbocycles. The van der Waals surface area contributed by atoms with Crippen LogP contribution in [0.25, 0.3) is 21.5 Å². The predicted molar refractivity (Wildman–Crippen MR) is 77.7 cm³/mol. The number of allylic oxidation sites excluding steroid dienone is 2. The molecular formula is C18H13. The van der Waals surface area contributed by atoms with Gasteiger partial charge in [-0.15, -0.1) is 0 Å². The van der Waals surface area contributed by atoms with Crippen LogP contribution in [0.3, 0.4) is 0 Å². The minimum atomic E-state index is 1.05. The summed E-state index contributed by atoms with van der Waals surface area (Å²) in [6, 6.07) is 17.8. The number of hydrogen-bond acceptors (Lipinski definition) is 0. The molecule has 18 heavy (non-hydrogen) atoms. The molecule has 0 unspecified atom stereocenters. The molecule has 1 aliphatic carbocycles. The fourth-order valence-corrected chi connectivity index (χ4v) is 2.76. The molecule has 4 rings (SSSR count).